The molecule has 3 aliphatic heterocycles. The molecule has 162 valence electrons. The smallest absolute Gasteiger partial charge is 0.269 e. The van der Waals surface area contributed by atoms with E-state index in [9.17, 15) is 9.59 Å². The summed E-state index contributed by atoms with van der Waals surface area (Å²) >= 11 is 1.43. The molecule has 2 atom stereocenters. The van der Waals surface area contributed by atoms with Gasteiger partial charge in [-0.1, -0.05) is 25.1 Å². The first-order chi connectivity index (χ1) is 15.0. The van der Waals surface area contributed by atoms with Crippen LogP contribution in [-0.4, -0.2) is 49.3 Å². The monoisotopic (exact) mass is 437 g/mol. The molecule has 2 fully saturated rings. The summed E-state index contributed by atoms with van der Waals surface area (Å²) in [6.45, 7) is 4.82. The first-order valence-electron chi connectivity index (χ1n) is 10.8. The van der Waals surface area contributed by atoms with Gasteiger partial charge in [-0.25, -0.2) is 0 Å². The first kappa shape index (κ1) is 20.4. The van der Waals surface area contributed by atoms with Gasteiger partial charge in [-0.3, -0.25) is 24.3 Å². The van der Waals surface area contributed by atoms with Gasteiger partial charge in [0.2, 0.25) is 10.8 Å². The van der Waals surface area contributed by atoms with Crippen molar-refractivity contribution in [1.82, 2.24) is 4.90 Å². The van der Waals surface area contributed by atoms with Crippen molar-refractivity contribution in [2.24, 2.45) is 5.92 Å². The number of carbonyl (C=O) groups is 2. The summed E-state index contributed by atoms with van der Waals surface area (Å²) < 4.78 is 5.27. The number of para-hydroxylation sites is 1. The molecule has 1 spiro atoms. The molecule has 0 N–H and O–H groups in total. The van der Waals surface area contributed by atoms with Crippen LogP contribution in [0.5, 0.6) is 5.75 Å². The summed E-state index contributed by atoms with van der Waals surface area (Å²) in [6, 6.07) is 15.3. The van der Waals surface area contributed by atoms with E-state index in [1.165, 1.54) is 18.2 Å². The zero-order valence-electron chi connectivity index (χ0n) is 17.9. The normalized spacial score (nSPS) is 26.1. The van der Waals surface area contributed by atoms with E-state index in [4.69, 9.17) is 4.74 Å². The van der Waals surface area contributed by atoms with Gasteiger partial charge in [0.15, 0.2) is 0 Å². The lowest BCUT2D eigenvalue weighted by molar-refractivity contribution is -0.124. The van der Waals surface area contributed by atoms with Crippen LogP contribution < -0.4 is 14.5 Å². The van der Waals surface area contributed by atoms with Crippen molar-refractivity contribution in [3.05, 3.63) is 54.1 Å². The highest BCUT2D eigenvalue weighted by molar-refractivity contribution is 8.02. The second-order valence-corrected chi connectivity index (χ2v) is 9.74. The molecular weight excluding hydrogens is 410 g/mol. The number of ether oxygens (including phenoxy) is 1. The maximum atomic E-state index is 14.1. The number of benzene rings is 2. The standard InChI is InChI=1S/C24H27N3O3S/c1-17-6-5-13-25(14-17)16-26-21-8-4-3-7-20(21)24(23(26)29)27(22(28)15-31-24)18-9-11-19(30-2)12-10-18/h3-4,7-12,17H,5-6,13-16H2,1-2H3/t17-,24+/m1/s1. The fourth-order valence-corrected chi connectivity index (χ4v) is 6.40. The van der Waals surface area contributed by atoms with Gasteiger partial charge in [0.05, 0.1) is 25.2 Å². The summed E-state index contributed by atoms with van der Waals surface area (Å²) in [7, 11) is 1.61. The van der Waals surface area contributed by atoms with Crippen molar-refractivity contribution in [1.29, 1.82) is 0 Å². The number of piperidine rings is 1. The molecule has 0 radical (unpaired) electrons. The third kappa shape index (κ3) is 3.22. The molecule has 7 heteroatoms. The number of thioether (sulfide) groups is 1. The van der Waals surface area contributed by atoms with Crippen LogP contribution in [0.2, 0.25) is 0 Å². The number of nitrogens with zero attached hydrogens (tertiary/aromatic N) is 3. The third-order valence-corrected chi connectivity index (χ3v) is 7.86. The molecule has 5 rings (SSSR count). The summed E-state index contributed by atoms with van der Waals surface area (Å²) in [5, 5.41) is 0. The zero-order valence-corrected chi connectivity index (χ0v) is 18.7. The van der Waals surface area contributed by atoms with Gasteiger partial charge in [-0.2, -0.15) is 0 Å². The Kier molecular flexibility index (Phi) is 5.18. The van der Waals surface area contributed by atoms with Crippen molar-refractivity contribution < 1.29 is 14.3 Å². The molecule has 2 aromatic carbocycles. The molecule has 2 saturated heterocycles. The Morgan fingerprint density at radius 3 is 2.65 bits per heavy atom. The van der Waals surface area contributed by atoms with Crippen molar-refractivity contribution in [3.8, 4) is 5.75 Å². The van der Waals surface area contributed by atoms with Crippen molar-refractivity contribution in [3.63, 3.8) is 0 Å². The zero-order chi connectivity index (χ0) is 21.6. The second-order valence-electron chi connectivity index (χ2n) is 8.58. The molecule has 2 amide bonds. The van der Waals surface area contributed by atoms with Gasteiger partial charge >= 0.3 is 0 Å². The molecule has 0 bridgehead atoms. The van der Waals surface area contributed by atoms with E-state index in [2.05, 4.69) is 11.8 Å². The Morgan fingerprint density at radius 1 is 1.13 bits per heavy atom. The van der Waals surface area contributed by atoms with Crippen molar-refractivity contribution in [2.45, 2.75) is 24.6 Å². The Bertz CT molecular complexity index is 1010. The van der Waals surface area contributed by atoms with E-state index < -0.39 is 4.87 Å². The molecule has 0 saturated carbocycles. The van der Waals surface area contributed by atoms with Gasteiger partial charge in [-0.15, -0.1) is 11.8 Å². The number of carbonyl (C=O) groups excluding carboxylic acids is 2. The number of rotatable bonds is 4. The van der Waals surface area contributed by atoms with Gasteiger partial charge in [0.25, 0.3) is 5.91 Å². The highest BCUT2D eigenvalue weighted by Gasteiger charge is 2.61. The van der Waals surface area contributed by atoms with Crippen LogP contribution in [0.1, 0.15) is 25.3 Å². The van der Waals surface area contributed by atoms with Crippen molar-refractivity contribution >= 4 is 35.0 Å². The van der Waals surface area contributed by atoms with E-state index in [1.807, 2.05) is 53.4 Å². The number of fused-ring (bicyclic) bond motifs is 2. The first-order valence-corrected chi connectivity index (χ1v) is 11.8. The summed E-state index contributed by atoms with van der Waals surface area (Å²) in [4.78, 5) is 32.0. The molecular formula is C24H27N3O3S. The third-order valence-electron chi connectivity index (χ3n) is 6.48. The second kappa shape index (κ2) is 7.88. The van der Waals surface area contributed by atoms with E-state index >= 15 is 0 Å². The molecule has 31 heavy (non-hydrogen) atoms. The van der Waals surface area contributed by atoms with Gasteiger partial charge in [0, 0.05) is 17.8 Å². The maximum absolute atomic E-state index is 14.1. The van der Waals surface area contributed by atoms with Crippen LogP contribution in [0.15, 0.2) is 48.5 Å². The van der Waals surface area contributed by atoms with E-state index in [-0.39, 0.29) is 17.6 Å². The molecule has 0 unspecified atom stereocenters. The van der Waals surface area contributed by atoms with E-state index in [0.29, 0.717) is 18.3 Å². The van der Waals surface area contributed by atoms with Crippen LogP contribution in [-0.2, 0) is 14.5 Å². The Balaban J connectivity index is 1.55. The predicted octanol–water partition coefficient (Wildman–Crippen LogP) is 3.66. The molecule has 0 aromatic heterocycles. The van der Waals surface area contributed by atoms with Gasteiger partial charge < -0.3 is 4.74 Å². The number of hydrogen-bond acceptors (Lipinski definition) is 5. The molecule has 0 aliphatic carbocycles. The summed E-state index contributed by atoms with van der Waals surface area (Å²) in [5.74, 6) is 1.55. The largest absolute Gasteiger partial charge is 0.497 e. The Hall–Kier alpha value is -2.51. The number of likely N-dealkylation sites (tertiary alicyclic amines) is 1. The highest BCUT2D eigenvalue weighted by Crippen LogP contribution is 2.55. The quantitative estimate of drug-likeness (QED) is 0.731. The van der Waals surface area contributed by atoms with E-state index in [1.54, 1.807) is 12.0 Å². The number of hydrogen-bond donors (Lipinski definition) is 0. The SMILES string of the molecule is COc1ccc(N2C(=O)CS[C@@]23C(=O)N(CN2CCC[C@@H](C)C2)c2ccccc23)cc1. The average molecular weight is 438 g/mol. The van der Waals surface area contributed by atoms with Gasteiger partial charge in [0.1, 0.15) is 5.75 Å². The highest BCUT2D eigenvalue weighted by atomic mass is 32.2. The van der Waals surface area contributed by atoms with Crippen LogP contribution in [0.25, 0.3) is 0 Å². The van der Waals surface area contributed by atoms with Crippen LogP contribution in [0.4, 0.5) is 11.4 Å². The maximum Gasteiger partial charge on any atom is 0.269 e. The minimum Gasteiger partial charge on any atom is -0.497 e. The summed E-state index contributed by atoms with van der Waals surface area (Å²) in [6.07, 6.45) is 2.39. The lowest BCUT2D eigenvalue weighted by atomic mass is 10.0. The van der Waals surface area contributed by atoms with E-state index in [0.717, 1.165) is 36.5 Å². The average Bonchev–Trinajstić information content (AvgIpc) is 3.25. The lowest BCUT2D eigenvalue weighted by Gasteiger charge is -2.36. The van der Waals surface area contributed by atoms with Crippen LogP contribution in [0, 0.1) is 5.92 Å². The van der Waals surface area contributed by atoms with Crippen LogP contribution >= 0.6 is 11.8 Å². The number of methoxy groups -OCH3 is 1. The van der Waals surface area contributed by atoms with Crippen molar-refractivity contribution in [2.75, 3.05) is 42.4 Å². The molecule has 2 aromatic rings. The Morgan fingerprint density at radius 2 is 1.90 bits per heavy atom. The fourth-order valence-electron chi connectivity index (χ4n) is 5.04. The lowest BCUT2D eigenvalue weighted by Crippen LogP contribution is -2.52. The topological polar surface area (TPSA) is 53.1 Å². The van der Waals surface area contributed by atoms with Gasteiger partial charge in [-0.05, 0) is 55.6 Å². The number of amides is 2. The molecule has 6 nitrogen and oxygen atoms in total. The Labute approximate surface area is 187 Å². The minimum absolute atomic E-state index is 0.0291. The molecule has 3 aliphatic rings. The molecule has 3 heterocycles. The fraction of sp³-hybridized carbons (Fsp3) is 0.417. The predicted molar refractivity (Wildman–Crippen MR) is 123 cm³/mol. The van der Waals surface area contributed by atoms with Crippen LogP contribution in [0.3, 0.4) is 0 Å². The summed E-state index contributed by atoms with van der Waals surface area (Å²) in [5.41, 5.74) is 2.52. The minimum atomic E-state index is -1.05. The number of anilines is 2.